The van der Waals surface area contributed by atoms with Gasteiger partial charge in [0.1, 0.15) is 0 Å². The molecular weight excluding hydrogens is 511 g/mol. The molecule has 3 aromatic rings. The number of halogens is 1. The second-order valence-corrected chi connectivity index (χ2v) is 11.3. The molecule has 40 heavy (non-hydrogen) atoms. The molecule has 1 saturated heterocycles. The van der Waals surface area contributed by atoms with Gasteiger partial charge in [0.05, 0.1) is 50.3 Å². The smallest absolute Gasteiger partial charge is 0.254 e. The highest BCUT2D eigenvalue weighted by atomic mass is 19.1. The van der Waals surface area contributed by atoms with Crippen LogP contribution in [0.5, 0.6) is 5.75 Å². The molecule has 1 aliphatic carbocycles. The van der Waals surface area contributed by atoms with E-state index in [1.54, 1.807) is 12.3 Å². The van der Waals surface area contributed by atoms with E-state index < -0.39 is 5.82 Å². The van der Waals surface area contributed by atoms with Crippen LogP contribution in [0.15, 0.2) is 36.8 Å². The number of amides is 1. The number of rotatable bonds is 10. The maximum atomic E-state index is 14.3. The molecule has 6 rings (SSSR count). The molecule has 0 radical (unpaired) electrons. The second kappa shape index (κ2) is 10.5. The summed E-state index contributed by atoms with van der Waals surface area (Å²) in [6, 6.07) is 6.02. The van der Waals surface area contributed by atoms with Gasteiger partial charge in [0.25, 0.3) is 5.91 Å². The summed E-state index contributed by atoms with van der Waals surface area (Å²) in [7, 11) is 3.99. The van der Waals surface area contributed by atoms with Gasteiger partial charge in [-0.3, -0.25) is 14.7 Å². The van der Waals surface area contributed by atoms with Crippen LogP contribution in [-0.4, -0.2) is 76.7 Å². The molecular formula is C30H37FN6O3. The van der Waals surface area contributed by atoms with Crippen LogP contribution in [0.4, 0.5) is 10.3 Å². The highest BCUT2D eigenvalue weighted by Crippen LogP contribution is 2.55. The summed E-state index contributed by atoms with van der Waals surface area (Å²) in [5.74, 6) is 0.429. The van der Waals surface area contributed by atoms with E-state index in [-0.39, 0.29) is 23.1 Å². The van der Waals surface area contributed by atoms with Crippen molar-refractivity contribution in [3.05, 3.63) is 70.6 Å². The molecule has 9 nitrogen and oxygen atoms in total. The fraction of sp³-hybridized carbons (Fsp3) is 0.500. The molecule has 2 aromatic heterocycles. The van der Waals surface area contributed by atoms with Crippen molar-refractivity contribution in [2.75, 3.05) is 45.8 Å². The quantitative estimate of drug-likeness (QED) is 0.410. The van der Waals surface area contributed by atoms with Crippen molar-refractivity contribution in [3.63, 3.8) is 0 Å². The monoisotopic (exact) mass is 548 g/mol. The maximum Gasteiger partial charge on any atom is 0.254 e. The predicted molar refractivity (Wildman–Crippen MR) is 149 cm³/mol. The Labute approximate surface area is 234 Å². The Hall–Kier alpha value is -3.50. The zero-order valence-electron chi connectivity index (χ0n) is 23.6. The van der Waals surface area contributed by atoms with Crippen LogP contribution in [0.2, 0.25) is 0 Å². The SMILES string of the molecule is CCOc1cc([C@H](C)N2CC3(CC3)c3c(CN(C)C4COC4)cc(Cn4ccnc4NC)cc3C2=O)ncc1F. The lowest BCUT2D eigenvalue weighted by Crippen LogP contribution is -2.48. The van der Waals surface area contributed by atoms with Crippen molar-refractivity contribution in [3.8, 4) is 5.75 Å². The Bertz CT molecular complexity index is 1420. The van der Waals surface area contributed by atoms with Crippen LogP contribution in [-0.2, 0) is 23.2 Å². The summed E-state index contributed by atoms with van der Waals surface area (Å²) in [6.45, 7) is 7.59. The number of imidazole rings is 1. The highest BCUT2D eigenvalue weighted by Gasteiger charge is 2.53. The number of hydrogen-bond acceptors (Lipinski definition) is 7. The van der Waals surface area contributed by atoms with Gasteiger partial charge in [-0.2, -0.15) is 0 Å². The summed E-state index contributed by atoms with van der Waals surface area (Å²) < 4.78 is 27.2. The Kier molecular flexibility index (Phi) is 7.00. The van der Waals surface area contributed by atoms with Crippen LogP contribution in [0.3, 0.4) is 0 Å². The molecule has 1 aromatic carbocycles. The number of carbonyl (C=O) groups is 1. The van der Waals surface area contributed by atoms with Crippen LogP contribution in [0, 0.1) is 5.82 Å². The molecule has 4 heterocycles. The Balaban J connectivity index is 1.39. The van der Waals surface area contributed by atoms with Crippen molar-refractivity contribution in [2.45, 2.75) is 57.3 Å². The summed E-state index contributed by atoms with van der Waals surface area (Å²) in [6.07, 6.45) is 6.97. The minimum absolute atomic E-state index is 0.0127. The number of benzene rings is 1. The number of nitrogens with one attached hydrogen (secondary N) is 1. The van der Waals surface area contributed by atoms with E-state index in [4.69, 9.17) is 9.47 Å². The number of ether oxygens (including phenoxy) is 2. The zero-order valence-corrected chi connectivity index (χ0v) is 23.6. The van der Waals surface area contributed by atoms with Crippen molar-refractivity contribution < 1.29 is 18.7 Å². The lowest BCUT2D eigenvalue weighted by Gasteiger charge is -2.41. The van der Waals surface area contributed by atoms with Crippen molar-refractivity contribution in [1.82, 2.24) is 24.3 Å². The molecule has 2 fully saturated rings. The van der Waals surface area contributed by atoms with Gasteiger partial charge in [-0.05, 0) is 56.5 Å². The molecule has 0 bridgehead atoms. The number of anilines is 1. The molecule has 1 amide bonds. The van der Waals surface area contributed by atoms with Crippen LogP contribution < -0.4 is 10.1 Å². The van der Waals surface area contributed by atoms with Gasteiger partial charge in [-0.15, -0.1) is 0 Å². The van der Waals surface area contributed by atoms with E-state index in [2.05, 4.69) is 39.4 Å². The van der Waals surface area contributed by atoms with E-state index in [0.29, 0.717) is 31.4 Å². The topological polar surface area (TPSA) is 84.8 Å². The summed E-state index contributed by atoms with van der Waals surface area (Å²) >= 11 is 0. The second-order valence-electron chi connectivity index (χ2n) is 11.3. The largest absolute Gasteiger partial charge is 0.491 e. The number of nitrogens with zero attached hydrogens (tertiary/aromatic N) is 5. The molecule has 1 atom stereocenters. The first-order chi connectivity index (χ1) is 19.3. The van der Waals surface area contributed by atoms with Gasteiger partial charge in [-0.25, -0.2) is 9.37 Å². The number of hydrogen-bond donors (Lipinski definition) is 1. The van der Waals surface area contributed by atoms with Gasteiger partial charge in [0, 0.05) is 49.6 Å². The van der Waals surface area contributed by atoms with Crippen LogP contribution in [0.1, 0.15) is 65.5 Å². The molecule has 1 spiro atoms. The molecule has 10 heteroatoms. The molecule has 3 aliphatic rings. The lowest BCUT2D eigenvalue weighted by molar-refractivity contribution is -0.0587. The number of pyridine rings is 1. The normalized spacial score (nSPS) is 18.6. The third-order valence-electron chi connectivity index (χ3n) is 8.62. The zero-order chi connectivity index (χ0) is 28.0. The minimum Gasteiger partial charge on any atom is -0.491 e. The van der Waals surface area contributed by atoms with Crippen LogP contribution >= 0.6 is 0 Å². The number of likely N-dealkylation sites (N-methyl/N-ethyl adjacent to an activating group) is 1. The summed E-state index contributed by atoms with van der Waals surface area (Å²) in [4.78, 5) is 27.3. The Morgan fingerprint density at radius 3 is 2.75 bits per heavy atom. The van der Waals surface area contributed by atoms with Crippen LogP contribution in [0.25, 0.3) is 0 Å². The van der Waals surface area contributed by atoms with Gasteiger partial charge < -0.3 is 24.3 Å². The van der Waals surface area contributed by atoms with Crippen molar-refractivity contribution in [1.29, 1.82) is 0 Å². The minimum atomic E-state index is -0.498. The summed E-state index contributed by atoms with van der Waals surface area (Å²) in [5, 5.41) is 3.14. The third kappa shape index (κ3) is 4.73. The lowest BCUT2D eigenvalue weighted by atomic mass is 9.81. The number of carbonyl (C=O) groups excluding carboxylic acids is 1. The molecule has 212 valence electrons. The average Bonchev–Trinajstić information content (AvgIpc) is 3.53. The van der Waals surface area contributed by atoms with Gasteiger partial charge in [0.15, 0.2) is 11.6 Å². The van der Waals surface area contributed by atoms with Crippen molar-refractivity contribution >= 4 is 11.9 Å². The fourth-order valence-electron chi connectivity index (χ4n) is 6.11. The van der Waals surface area contributed by atoms with Crippen molar-refractivity contribution in [2.24, 2.45) is 0 Å². The third-order valence-corrected chi connectivity index (χ3v) is 8.62. The summed E-state index contributed by atoms with van der Waals surface area (Å²) in [5.41, 5.74) is 4.77. The molecule has 0 unspecified atom stereocenters. The van der Waals surface area contributed by atoms with Gasteiger partial charge >= 0.3 is 0 Å². The average molecular weight is 549 g/mol. The maximum absolute atomic E-state index is 14.3. The standard InChI is InChI=1S/C30H37FN6O3/c1-5-40-26-12-25(34-13-24(26)31)19(2)37-18-30(6-7-30)27-21(15-35(4)22-16-39-17-22)10-20(11-23(27)28(37)38)14-36-9-8-33-29(36)32-3/h8-13,19,22H,5-7,14-18H2,1-4H3,(H,32,33)/t19-/m0/s1. The first-order valence-corrected chi connectivity index (χ1v) is 14.1. The Morgan fingerprint density at radius 1 is 1.27 bits per heavy atom. The molecule has 2 aliphatic heterocycles. The number of aromatic nitrogens is 3. The van der Waals surface area contributed by atoms with E-state index in [1.807, 2.05) is 36.6 Å². The first kappa shape index (κ1) is 26.7. The first-order valence-electron chi connectivity index (χ1n) is 14.1. The Morgan fingerprint density at radius 2 is 2.08 bits per heavy atom. The molecule has 1 saturated carbocycles. The van der Waals surface area contributed by atoms with E-state index >= 15 is 0 Å². The van der Waals surface area contributed by atoms with Gasteiger partial charge in [0.2, 0.25) is 5.95 Å². The fourth-order valence-corrected chi connectivity index (χ4v) is 6.11. The van der Waals surface area contributed by atoms with Gasteiger partial charge in [-0.1, -0.05) is 6.07 Å². The predicted octanol–water partition coefficient (Wildman–Crippen LogP) is 3.99. The molecule has 1 N–H and O–H groups in total. The number of fused-ring (bicyclic) bond motifs is 2. The van der Waals surface area contributed by atoms with E-state index in [1.165, 1.54) is 17.3 Å². The van der Waals surface area contributed by atoms with E-state index in [0.717, 1.165) is 49.7 Å². The highest BCUT2D eigenvalue weighted by molar-refractivity contribution is 5.98. The van der Waals surface area contributed by atoms with E-state index in [9.17, 15) is 9.18 Å².